The number of hydrogen-bond donors (Lipinski definition) is 1. The minimum absolute atomic E-state index is 0.715. The summed E-state index contributed by atoms with van der Waals surface area (Å²) in [5.74, 6) is 1.85. The molecule has 1 aliphatic rings. The lowest BCUT2D eigenvalue weighted by molar-refractivity contribution is 0.260. The summed E-state index contributed by atoms with van der Waals surface area (Å²) in [5.41, 5.74) is 2.51. The van der Waals surface area contributed by atoms with Gasteiger partial charge in [-0.3, -0.25) is 0 Å². The summed E-state index contributed by atoms with van der Waals surface area (Å²) in [4.78, 5) is 0. The quantitative estimate of drug-likeness (QED) is 0.840. The Bertz CT molecular complexity index is 402. The van der Waals surface area contributed by atoms with Crippen molar-refractivity contribution in [2.45, 2.75) is 52.5 Å². The van der Waals surface area contributed by atoms with E-state index in [1.807, 2.05) is 0 Å². The lowest BCUT2D eigenvalue weighted by Gasteiger charge is -2.20. The molecule has 2 rings (SSSR count). The lowest BCUT2D eigenvalue weighted by atomic mass is 10.00. The van der Waals surface area contributed by atoms with Crippen molar-refractivity contribution >= 4 is 0 Å². The molecule has 2 nitrogen and oxygen atoms in total. The van der Waals surface area contributed by atoms with Crippen LogP contribution < -0.4 is 10.1 Å². The standard InChI is InChI=1S/C17H27NO/c1-4-18-16-7-5-6-15(16)10-11-19-17-12-13(2)8-9-14(17)3/h8-9,12,15-16,18H,4-7,10-11H2,1-3H3. The molecule has 2 unspecified atom stereocenters. The van der Waals surface area contributed by atoms with E-state index in [0.717, 1.165) is 24.8 Å². The van der Waals surface area contributed by atoms with Crippen molar-refractivity contribution in [1.82, 2.24) is 5.32 Å². The number of benzene rings is 1. The first-order valence-corrected chi connectivity index (χ1v) is 7.64. The summed E-state index contributed by atoms with van der Waals surface area (Å²) in [6, 6.07) is 7.14. The molecule has 2 heteroatoms. The zero-order valence-electron chi connectivity index (χ0n) is 12.5. The Morgan fingerprint density at radius 2 is 2.11 bits per heavy atom. The van der Waals surface area contributed by atoms with Gasteiger partial charge >= 0.3 is 0 Å². The van der Waals surface area contributed by atoms with Gasteiger partial charge in [0.2, 0.25) is 0 Å². The number of hydrogen-bond acceptors (Lipinski definition) is 2. The highest BCUT2D eigenvalue weighted by molar-refractivity contribution is 5.35. The van der Waals surface area contributed by atoms with Crippen LogP contribution in [0.4, 0.5) is 0 Å². The molecule has 0 aromatic heterocycles. The first kappa shape index (κ1) is 14.4. The van der Waals surface area contributed by atoms with Gasteiger partial charge in [-0.05, 0) is 62.8 Å². The third-order valence-electron chi connectivity index (χ3n) is 4.22. The second kappa shape index (κ2) is 6.95. The van der Waals surface area contributed by atoms with E-state index in [9.17, 15) is 0 Å². The Hall–Kier alpha value is -1.02. The monoisotopic (exact) mass is 261 g/mol. The summed E-state index contributed by atoms with van der Waals surface area (Å²) in [7, 11) is 0. The predicted octanol–water partition coefficient (Wildman–Crippen LogP) is 3.85. The molecule has 2 atom stereocenters. The van der Waals surface area contributed by atoms with Gasteiger partial charge in [0.05, 0.1) is 6.61 Å². The van der Waals surface area contributed by atoms with Crippen molar-refractivity contribution in [2.24, 2.45) is 5.92 Å². The Balaban J connectivity index is 1.81. The molecule has 1 N–H and O–H groups in total. The minimum atomic E-state index is 0.715. The van der Waals surface area contributed by atoms with E-state index in [2.05, 4.69) is 44.3 Å². The van der Waals surface area contributed by atoms with Gasteiger partial charge in [-0.1, -0.05) is 25.5 Å². The van der Waals surface area contributed by atoms with Crippen LogP contribution in [0.15, 0.2) is 18.2 Å². The molecule has 0 heterocycles. The maximum absolute atomic E-state index is 5.98. The highest BCUT2D eigenvalue weighted by atomic mass is 16.5. The molecule has 0 bridgehead atoms. The zero-order valence-corrected chi connectivity index (χ0v) is 12.5. The van der Waals surface area contributed by atoms with E-state index in [0.29, 0.717) is 6.04 Å². The summed E-state index contributed by atoms with van der Waals surface area (Å²) >= 11 is 0. The SMILES string of the molecule is CCNC1CCCC1CCOc1cc(C)ccc1C. The van der Waals surface area contributed by atoms with Gasteiger partial charge in [0, 0.05) is 6.04 Å². The second-order valence-corrected chi connectivity index (χ2v) is 5.76. The van der Waals surface area contributed by atoms with E-state index in [1.165, 1.54) is 36.8 Å². The molecule has 0 radical (unpaired) electrons. The third kappa shape index (κ3) is 3.97. The highest BCUT2D eigenvalue weighted by Crippen LogP contribution is 2.29. The number of aryl methyl sites for hydroxylation is 2. The molecule has 0 aliphatic heterocycles. The Kier molecular flexibility index (Phi) is 5.26. The molecule has 1 aromatic rings. The van der Waals surface area contributed by atoms with Crippen LogP contribution in [0.2, 0.25) is 0 Å². The third-order valence-corrected chi connectivity index (χ3v) is 4.22. The average Bonchev–Trinajstić information content (AvgIpc) is 2.82. The topological polar surface area (TPSA) is 21.3 Å². The second-order valence-electron chi connectivity index (χ2n) is 5.76. The first-order valence-electron chi connectivity index (χ1n) is 7.64. The maximum atomic E-state index is 5.98. The minimum Gasteiger partial charge on any atom is -0.493 e. The van der Waals surface area contributed by atoms with E-state index in [4.69, 9.17) is 4.74 Å². The van der Waals surface area contributed by atoms with Crippen molar-refractivity contribution in [3.05, 3.63) is 29.3 Å². The molecular weight excluding hydrogens is 234 g/mol. The van der Waals surface area contributed by atoms with Gasteiger partial charge in [-0.2, -0.15) is 0 Å². The van der Waals surface area contributed by atoms with Crippen molar-refractivity contribution in [1.29, 1.82) is 0 Å². The number of ether oxygens (including phenoxy) is 1. The van der Waals surface area contributed by atoms with Crippen LogP contribution in [0.1, 0.15) is 43.7 Å². The maximum Gasteiger partial charge on any atom is 0.122 e. The zero-order chi connectivity index (χ0) is 13.7. The molecule has 0 amide bonds. The van der Waals surface area contributed by atoms with Gasteiger partial charge < -0.3 is 10.1 Å². The molecule has 1 saturated carbocycles. The van der Waals surface area contributed by atoms with Gasteiger partial charge in [-0.25, -0.2) is 0 Å². The van der Waals surface area contributed by atoms with Gasteiger partial charge in [0.1, 0.15) is 5.75 Å². The average molecular weight is 261 g/mol. The van der Waals surface area contributed by atoms with Crippen molar-refractivity contribution in [2.75, 3.05) is 13.2 Å². The number of rotatable bonds is 6. The van der Waals surface area contributed by atoms with Gasteiger partial charge in [0.15, 0.2) is 0 Å². The van der Waals surface area contributed by atoms with Crippen LogP contribution >= 0.6 is 0 Å². The fraction of sp³-hybridized carbons (Fsp3) is 0.647. The van der Waals surface area contributed by atoms with Crippen LogP contribution in [0.25, 0.3) is 0 Å². The van der Waals surface area contributed by atoms with Gasteiger partial charge in [0.25, 0.3) is 0 Å². The van der Waals surface area contributed by atoms with Gasteiger partial charge in [-0.15, -0.1) is 0 Å². The Labute approximate surface area is 117 Å². The van der Waals surface area contributed by atoms with Crippen molar-refractivity contribution in [3.8, 4) is 5.75 Å². The van der Waals surface area contributed by atoms with Crippen LogP contribution in [0, 0.1) is 19.8 Å². The van der Waals surface area contributed by atoms with Crippen LogP contribution in [-0.4, -0.2) is 19.2 Å². The summed E-state index contributed by atoms with van der Waals surface area (Å²) in [6.45, 7) is 8.36. The molecule has 0 spiro atoms. The Morgan fingerprint density at radius 3 is 2.89 bits per heavy atom. The van der Waals surface area contributed by atoms with E-state index in [-0.39, 0.29) is 0 Å². The molecule has 0 saturated heterocycles. The van der Waals surface area contributed by atoms with E-state index in [1.54, 1.807) is 0 Å². The van der Waals surface area contributed by atoms with E-state index < -0.39 is 0 Å². The number of nitrogens with one attached hydrogen (secondary N) is 1. The smallest absolute Gasteiger partial charge is 0.122 e. The summed E-state index contributed by atoms with van der Waals surface area (Å²) < 4.78 is 5.98. The van der Waals surface area contributed by atoms with Crippen LogP contribution in [-0.2, 0) is 0 Å². The van der Waals surface area contributed by atoms with E-state index >= 15 is 0 Å². The molecule has 1 fully saturated rings. The first-order chi connectivity index (χ1) is 9.20. The fourth-order valence-electron chi connectivity index (χ4n) is 3.10. The van der Waals surface area contributed by atoms with Crippen molar-refractivity contribution < 1.29 is 4.74 Å². The van der Waals surface area contributed by atoms with Crippen molar-refractivity contribution in [3.63, 3.8) is 0 Å². The molecule has 106 valence electrons. The predicted molar refractivity (Wildman–Crippen MR) is 80.8 cm³/mol. The fourth-order valence-corrected chi connectivity index (χ4v) is 3.10. The summed E-state index contributed by atoms with van der Waals surface area (Å²) in [6.07, 6.45) is 5.23. The summed E-state index contributed by atoms with van der Waals surface area (Å²) in [5, 5.41) is 3.61. The highest BCUT2D eigenvalue weighted by Gasteiger charge is 2.25. The molecule has 19 heavy (non-hydrogen) atoms. The molecular formula is C17H27NO. The normalized spacial score (nSPS) is 22.7. The molecule has 1 aromatic carbocycles. The van der Waals surface area contributed by atoms with Crippen LogP contribution in [0.3, 0.4) is 0 Å². The largest absolute Gasteiger partial charge is 0.493 e. The lowest BCUT2D eigenvalue weighted by Crippen LogP contribution is -2.32. The Morgan fingerprint density at radius 1 is 1.26 bits per heavy atom. The molecule has 1 aliphatic carbocycles. The van der Waals surface area contributed by atoms with Crippen LogP contribution in [0.5, 0.6) is 5.75 Å².